The maximum Gasteiger partial charge on any atom is 0.150 e. The lowest BCUT2D eigenvalue weighted by Crippen LogP contribution is -2.45. The molecule has 1 heterocycles. The third kappa shape index (κ3) is 6.53. The average molecular weight is 417 g/mol. The van der Waals surface area contributed by atoms with Gasteiger partial charge in [0.25, 0.3) is 0 Å². The van der Waals surface area contributed by atoms with Crippen molar-refractivity contribution in [2.24, 2.45) is 0 Å². The molecule has 1 aliphatic heterocycles. The van der Waals surface area contributed by atoms with Crippen molar-refractivity contribution in [3.05, 3.63) is 120 Å². The molecule has 1 unspecified atom stereocenters. The largest absolute Gasteiger partial charge is 0.493 e. The molecule has 0 amide bonds. The Morgan fingerprint density at radius 1 is 0.613 bits per heavy atom. The Balaban J connectivity index is 1.39. The molecule has 1 aliphatic rings. The minimum Gasteiger partial charge on any atom is -0.493 e. The Bertz CT molecular complexity index is 912. The molecule has 3 aromatic rings. The number of hydrogen-bond acceptors (Lipinski definition) is 4. The molecule has 31 heavy (non-hydrogen) atoms. The zero-order chi connectivity index (χ0) is 21.1. The quantitative estimate of drug-likeness (QED) is 0.450. The second-order valence-electron chi connectivity index (χ2n) is 7.53. The van der Waals surface area contributed by atoms with Gasteiger partial charge in [0.15, 0.2) is 0 Å². The van der Waals surface area contributed by atoms with E-state index in [2.05, 4.69) is 36.4 Å². The van der Waals surface area contributed by atoms with Crippen molar-refractivity contribution in [1.29, 1.82) is 0 Å². The van der Waals surface area contributed by atoms with E-state index < -0.39 is 0 Å². The Kier molecular flexibility index (Phi) is 7.88. The van der Waals surface area contributed by atoms with Crippen LogP contribution in [0, 0.1) is 0 Å². The van der Waals surface area contributed by atoms with Gasteiger partial charge in [0.05, 0.1) is 32.7 Å². The van der Waals surface area contributed by atoms with Crippen molar-refractivity contribution in [3.63, 3.8) is 0 Å². The Hall–Kier alpha value is -2.92. The smallest absolute Gasteiger partial charge is 0.150 e. The van der Waals surface area contributed by atoms with Crippen molar-refractivity contribution in [1.82, 2.24) is 0 Å². The van der Waals surface area contributed by atoms with E-state index in [9.17, 15) is 0 Å². The van der Waals surface area contributed by atoms with Gasteiger partial charge in [-0.1, -0.05) is 91.0 Å². The summed E-state index contributed by atoms with van der Waals surface area (Å²) in [6.45, 7) is 1.96. The van der Waals surface area contributed by atoms with E-state index in [1.807, 2.05) is 60.7 Å². The second-order valence-corrected chi connectivity index (χ2v) is 7.53. The molecule has 3 aromatic carbocycles. The van der Waals surface area contributed by atoms with Crippen LogP contribution < -0.4 is 0 Å². The maximum absolute atomic E-state index is 6.30. The SMILES string of the molecule is C1=C[C@@H](OCc2ccccc2)[C@@H](OCc2ccccc2)C(COCc2ccccc2)O1. The van der Waals surface area contributed by atoms with E-state index >= 15 is 0 Å². The molecule has 0 bridgehead atoms. The minimum absolute atomic E-state index is 0.219. The fraction of sp³-hybridized carbons (Fsp3) is 0.259. The first kappa shape index (κ1) is 21.3. The highest BCUT2D eigenvalue weighted by molar-refractivity contribution is 5.15. The molecular formula is C27H28O4. The van der Waals surface area contributed by atoms with Crippen LogP contribution in [-0.4, -0.2) is 24.9 Å². The predicted octanol–water partition coefficient (Wildman–Crippen LogP) is 5.29. The van der Waals surface area contributed by atoms with Gasteiger partial charge in [0, 0.05) is 0 Å². The van der Waals surface area contributed by atoms with E-state index in [4.69, 9.17) is 18.9 Å². The summed E-state index contributed by atoms with van der Waals surface area (Å²) >= 11 is 0. The molecule has 0 radical (unpaired) electrons. The van der Waals surface area contributed by atoms with Gasteiger partial charge < -0.3 is 18.9 Å². The normalized spacial score (nSPS) is 20.3. The number of benzene rings is 3. The monoisotopic (exact) mass is 416 g/mol. The van der Waals surface area contributed by atoms with Gasteiger partial charge in [-0.3, -0.25) is 0 Å². The molecule has 160 valence electrons. The molecule has 4 nitrogen and oxygen atoms in total. The number of ether oxygens (including phenoxy) is 4. The Morgan fingerprint density at radius 3 is 1.71 bits per heavy atom. The van der Waals surface area contributed by atoms with Gasteiger partial charge in [0.1, 0.15) is 18.3 Å². The summed E-state index contributed by atoms with van der Waals surface area (Å²) in [6.07, 6.45) is 2.88. The second kappa shape index (κ2) is 11.5. The van der Waals surface area contributed by atoms with E-state index in [1.165, 1.54) is 0 Å². The van der Waals surface area contributed by atoms with Crippen LogP contribution in [-0.2, 0) is 38.8 Å². The van der Waals surface area contributed by atoms with Crippen LogP contribution in [0.4, 0.5) is 0 Å². The molecule has 0 fully saturated rings. The van der Waals surface area contributed by atoms with Crippen molar-refractivity contribution >= 4 is 0 Å². The standard InChI is InChI=1S/C27H28O4/c1-4-10-22(11-5-1)18-28-21-26-27(31-20-24-14-8-3-9-15-24)25(16-17-29-26)30-19-23-12-6-2-7-13-23/h1-17,25-27H,18-21H2/t25-,26?,27-/m1/s1. The Labute approximate surface area is 184 Å². The van der Waals surface area contributed by atoms with Crippen LogP contribution in [0.25, 0.3) is 0 Å². The van der Waals surface area contributed by atoms with Crippen LogP contribution in [0.1, 0.15) is 16.7 Å². The summed E-state index contributed by atoms with van der Waals surface area (Å²) in [5.74, 6) is 0. The first-order chi connectivity index (χ1) is 15.4. The third-order valence-corrected chi connectivity index (χ3v) is 5.18. The maximum atomic E-state index is 6.30. The van der Waals surface area contributed by atoms with Crippen LogP contribution in [0.15, 0.2) is 103 Å². The summed E-state index contributed by atoms with van der Waals surface area (Å²) < 4.78 is 24.4. The van der Waals surface area contributed by atoms with Crippen molar-refractivity contribution in [2.75, 3.05) is 6.61 Å². The summed E-state index contributed by atoms with van der Waals surface area (Å²) in [6, 6.07) is 30.4. The van der Waals surface area contributed by atoms with Gasteiger partial charge in [0.2, 0.25) is 0 Å². The topological polar surface area (TPSA) is 36.9 Å². The Morgan fingerprint density at radius 2 is 1.13 bits per heavy atom. The van der Waals surface area contributed by atoms with E-state index in [0.717, 1.165) is 16.7 Å². The molecule has 0 aromatic heterocycles. The van der Waals surface area contributed by atoms with Crippen LogP contribution in [0.3, 0.4) is 0 Å². The number of rotatable bonds is 10. The highest BCUT2D eigenvalue weighted by atomic mass is 16.6. The third-order valence-electron chi connectivity index (χ3n) is 5.18. The molecule has 0 saturated heterocycles. The molecule has 4 rings (SSSR count). The lowest BCUT2D eigenvalue weighted by Gasteiger charge is -2.34. The highest BCUT2D eigenvalue weighted by Crippen LogP contribution is 2.22. The summed E-state index contributed by atoms with van der Waals surface area (Å²) in [5, 5.41) is 0. The van der Waals surface area contributed by atoms with E-state index in [0.29, 0.717) is 26.4 Å². The first-order valence-corrected chi connectivity index (χ1v) is 10.6. The van der Waals surface area contributed by atoms with Crippen LogP contribution >= 0.6 is 0 Å². The molecule has 4 heteroatoms. The van der Waals surface area contributed by atoms with Gasteiger partial charge in [-0.05, 0) is 22.8 Å². The average Bonchev–Trinajstić information content (AvgIpc) is 2.84. The molecule has 0 saturated carbocycles. The van der Waals surface area contributed by atoms with Crippen molar-refractivity contribution < 1.29 is 18.9 Å². The lowest BCUT2D eigenvalue weighted by atomic mass is 10.1. The predicted molar refractivity (Wildman–Crippen MR) is 120 cm³/mol. The van der Waals surface area contributed by atoms with Gasteiger partial charge >= 0.3 is 0 Å². The molecule has 0 spiro atoms. The zero-order valence-electron chi connectivity index (χ0n) is 17.5. The van der Waals surface area contributed by atoms with E-state index in [1.54, 1.807) is 6.26 Å². The van der Waals surface area contributed by atoms with Gasteiger partial charge in [-0.25, -0.2) is 0 Å². The fourth-order valence-corrected chi connectivity index (χ4v) is 3.51. The molecule has 3 atom stereocenters. The summed E-state index contributed by atoms with van der Waals surface area (Å²) in [7, 11) is 0. The van der Waals surface area contributed by atoms with E-state index in [-0.39, 0.29) is 18.3 Å². The van der Waals surface area contributed by atoms with Crippen molar-refractivity contribution in [2.45, 2.75) is 38.1 Å². The molecule has 0 N–H and O–H groups in total. The fourth-order valence-electron chi connectivity index (χ4n) is 3.51. The minimum atomic E-state index is -0.273. The van der Waals surface area contributed by atoms with Gasteiger partial charge in [-0.2, -0.15) is 0 Å². The van der Waals surface area contributed by atoms with Crippen LogP contribution in [0.5, 0.6) is 0 Å². The summed E-state index contributed by atoms with van der Waals surface area (Å²) in [5.41, 5.74) is 3.37. The van der Waals surface area contributed by atoms with Crippen LogP contribution in [0.2, 0.25) is 0 Å². The first-order valence-electron chi connectivity index (χ1n) is 10.6. The van der Waals surface area contributed by atoms with Crippen molar-refractivity contribution in [3.8, 4) is 0 Å². The lowest BCUT2D eigenvalue weighted by molar-refractivity contribution is -0.147. The zero-order valence-corrected chi connectivity index (χ0v) is 17.5. The molecule has 0 aliphatic carbocycles. The number of hydrogen-bond donors (Lipinski definition) is 0. The van der Waals surface area contributed by atoms with Gasteiger partial charge in [-0.15, -0.1) is 0 Å². The highest BCUT2D eigenvalue weighted by Gasteiger charge is 2.34. The summed E-state index contributed by atoms with van der Waals surface area (Å²) in [4.78, 5) is 0. The molecular weight excluding hydrogens is 388 g/mol.